The SMILES string of the molecule is N#Cc1ccc(CNc2c(F)c(F)cc(F)c2F)s1. The van der Waals surface area contributed by atoms with Crippen LogP contribution in [0.15, 0.2) is 18.2 Å². The minimum atomic E-state index is -1.48. The van der Waals surface area contributed by atoms with Gasteiger partial charge >= 0.3 is 0 Å². The quantitative estimate of drug-likeness (QED) is 0.688. The lowest BCUT2D eigenvalue weighted by Gasteiger charge is -2.08. The second-order valence-corrected chi connectivity index (χ2v) is 4.74. The number of anilines is 1. The Hall–Kier alpha value is -2.07. The third kappa shape index (κ3) is 2.69. The van der Waals surface area contributed by atoms with Crippen molar-refractivity contribution in [2.24, 2.45) is 0 Å². The second kappa shape index (κ2) is 5.28. The molecule has 0 radical (unpaired) electrons. The van der Waals surface area contributed by atoms with Crippen molar-refractivity contribution in [1.82, 2.24) is 0 Å². The fraction of sp³-hybridized carbons (Fsp3) is 0.0833. The van der Waals surface area contributed by atoms with Crippen LogP contribution in [0, 0.1) is 34.6 Å². The Labute approximate surface area is 109 Å². The summed E-state index contributed by atoms with van der Waals surface area (Å²) >= 11 is 1.12. The van der Waals surface area contributed by atoms with Crippen molar-refractivity contribution in [3.63, 3.8) is 0 Å². The van der Waals surface area contributed by atoms with E-state index < -0.39 is 29.0 Å². The number of rotatable bonds is 3. The van der Waals surface area contributed by atoms with Crippen molar-refractivity contribution in [2.45, 2.75) is 6.54 Å². The number of nitrogens with one attached hydrogen (secondary N) is 1. The van der Waals surface area contributed by atoms with Crippen molar-refractivity contribution < 1.29 is 17.6 Å². The molecule has 0 unspecified atom stereocenters. The number of benzene rings is 1. The van der Waals surface area contributed by atoms with Gasteiger partial charge in [0.2, 0.25) is 0 Å². The van der Waals surface area contributed by atoms with Gasteiger partial charge in [0, 0.05) is 17.5 Å². The van der Waals surface area contributed by atoms with E-state index in [1.807, 2.05) is 6.07 Å². The molecule has 2 aromatic rings. The number of hydrogen-bond donors (Lipinski definition) is 1. The number of nitrogens with zero attached hydrogens (tertiary/aromatic N) is 1. The molecule has 1 aromatic heterocycles. The van der Waals surface area contributed by atoms with Crippen LogP contribution in [0.2, 0.25) is 0 Å². The summed E-state index contributed by atoms with van der Waals surface area (Å²) in [6, 6.07) is 5.18. The highest BCUT2D eigenvalue weighted by atomic mass is 32.1. The zero-order chi connectivity index (χ0) is 14.0. The first-order valence-electron chi connectivity index (χ1n) is 5.08. The summed E-state index contributed by atoms with van der Waals surface area (Å²) in [5.74, 6) is -5.89. The Morgan fingerprint density at radius 2 is 1.74 bits per heavy atom. The summed E-state index contributed by atoms with van der Waals surface area (Å²) in [6.07, 6.45) is 0. The van der Waals surface area contributed by atoms with Crippen molar-refractivity contribution in [3.8, 4) is 6.07 Å². The molecular weight excluding hydrogens is 280 g/mol. The Bertz CT molecular complexity index is 634. The average molecular weight is 286 g/mol. The van der Waals surface area contributed by atoms with E-state index in [4.69, 9.17) is 5.26 Å². The van der Waals surface area contributed by atoms with Gasteiger partial charge in [0.05, 0.1) is 0 Å². The van der Waals surface area contributed by atoms with Gasteiger partial charge in [-0.3, -0.25) is 0 Å². The largest absolute Gasteiger partial charge is 0.375 e. The lowest BCUT2D eigenvalue weighted by Crippen LogP contribution is -2.06. The molecule has 0 spiro atoms. The molecule has 0 bridgehead atoms. The van der Waals surface area contributed by atoms with E-state index in [-0.39, 0.29) is 12.6 Å². The molecule has 1 N–H and O–H groups in total. The van der Waals surface area contributed by atoms with E-state index in [1.54, 1.807) is 12.1 Å². The molecule has 0 aliphatic rings. The third-order valence-electron chi connectivity index (χ3n) is 2.32. The first-order chi connectivity index (χ1) is 9.02. The Morgan fingerprint density at radius 1 is 1.11 bits per heavy atom. The molecular formula is C12H6F4N2S. The summed E-state index contributed by atoms with van der Waals surface area (Å²) in [6.45, 7) is -0.0386. The van der Waals surface area contributed by atoms with E-state index >= 15 is 0 Å². The molecule has 0 atom stereocenters. The first-order valence-corrected chi connectivity index (χ1v) is 5.90. The zero-order valence-electron chi connectivity index (χ0n) is 9.31. The monoisotopic (exact) mass is 286 g/mol. The Kier molecular flexibility index (Phi) is 3.71. The van der Waals surface area contributed by atoms with Crippen LogP contribution in [0.25, 0.3) is 0 Å². The maximum atomic E-state index is 13.3. The van der Waals surface area contributed by atoms with Crippen molar-refractivity contribution in [3.05, 3.63) is 51.2 Å². The number of halogens is 4. The molecule has 2 nitrogen and oxygen atoms in total. The molecule has 0 fully saturated rings. The molecule has 0 aliphatic carbocycles. The molecule has 1 heterocycles. The highest BCUT2D eigenvalue weighted by Crippen LogP contribution is 2.25. The molecule has 0 saturated heterocycles. The van der Waals surface area contributed by atoms with Crippen LogP contribution >= 0.6 is 11.3 Å². The smallest absolute Gasteiger partial charge is 0.185 e. The van der Waals surface area contributed by atoms with Gasteiger partial charge in [0.1, 0.15) is 16.6 Å². The highest BCUT2D eigenvalue weighted by Gasteiger charge is 2.18. The number of hydrogen-bond acceptors (Lipinski definition) is 3. The van der Waals surface area contributed by atoms with Crippen molar-refractivity contribution >= 4 is 17.0 Å². The summed E-state index contributed by atoms with van der Waals surface area (Å²) in [5.41, 5.74) is -0.857. The van der Waals surface area contributed by atoms with Crippen LogP contribution in [0.3, 0.4) is 0 Å². The highest BCUT2D eigenvalue weighted by molar-refractivity contribution is 7.12. The Balaban J connectivity index is 2.22. The molecule has 0 aliphatic heterocycles. The summed E-state index contributed by atoms with van der Waals surface area (Å²) in [5, 5.41) is 10.9. The number of nitriles is 1. The standard InChI is InChI=1S/C12H6F4N2S/c13-8-3-9(14)11(16)12(10(8)15)18-5-7-2-1-6(4-17)19-7/h1-3,18H,5H2. The first kappa shape index (κ1) is 13.4. The van der Waals surface area contributed by atoms with Crippen LogP contribution < -0.4 is 5.32 Å². The average Bonchev–Trinajstić information content (AvgIpc) is 2.84. The van der Waals surface area contributed by atoms with Crippen LogP contribution in [-0.4, -0.2) is 0 Å². The van der Waals surface area contributed by atoms with Gasteiger partial charge in [-0.2, -0.15) is 5.26 Å². The van der Waals surface area contributed by atoms with E-state index in [9.17, 15) is 17.6 Å². The summed E-state index contributed by atoms with van der Waals surface area (Å²) < 4.78 is 52.5. The molecule has 7 heteroatoms. The van der Waals surface area contributed by atoms with Gasteiger partial charge in [0.25, 0.3) is 0 Å². The number of thiophene rings is 1. The van der Waals surface area contributed by atoms with Gasteiger partial charge in [0.15, 0.2) is 23.3 Å². The van der Waals surface area contributed by atoms with Gasteiger partial charge in [-0.15, -0.1) is 11.3 Å². The second-order valence-electron chi connectivity index (χ2n) is 3.57. The predicted octanol–water partition coefficient (Wildman–Crippen LogP) is 3.79. The topological polar surface area (TPSA) is 35.8 Å². The molecule has 0 saturated carbocycles. The molecule has 19 heavy (non-hydrogen) atoms. The van der Waals surface area contributed by atoms with Crippen LogP contribution in [0.4, 0.5) is 23.2 Å². The minimum Gasteiger partial charge on any atom is -0.375 e. The van der Waals surface area contributed by atoms with E-state index in [0.29, 0.717) is 9.75 Å². The van der Waals surface area contributed by atoms with Crippen molar-refractivity contribution in [2.75, 3.05) is 5.32 Å². The predicted molar refractivity (Wildman–Crippen MR) is 62.6 cm³/mol. The summed E-state index contributed by atoms with van der Waals surface area (Å²) in [7, 11) is 0. The van der Waals surface area contributed by atoms with Gasteiger partial charge in [-0.05, 0) is 12.1 Å². The van der Waals surface area contributed by atoms with Crippen molar-refractivity contribution in [1.29, 1.82) is 5.26 Å². The normalized spacial score (nSPS) is 10.3. The molecule has 0 amide bonds. The van der Waals surface area contributed by atoms with Crippen LogP contribution in [-0.2, 0) is 6.54 Å². The molecule has 2 rings (SSSR count). The Morgan fingerprint density at radius 3 is 2.26 bits per heavy atom. The van der Waals surface area contributed by atoms with Gasteiger partial charge in [-0.25, -0.2) is 17.6 Å². The van der Waals surface area contributed by atoms with Gasteiger partial charge in [-0.1, -0.05) is 0 Å². The molecule has 98 valence electrons. The van der Waals surface area contributed by atoms with Crippen LogP contribution in [0.1, 0.15) is 9.75 Å². The van der Waals surface area contributed by atoms with E-state index in [1.165, 1.54) is 0 Å². The maximum Gasteiger partial charge on any atom is 0.185 e. The lowest BCUT2D eigenvalue weighted by atomic mass is 10.2. The minimum absolute atomic E-state index is 0.0386. The lowest BCUT2D eigenvalue weighted by molar-refractivity contribution is 0.458. The zero-order valence-corrected chi connectivity index (χ0v) is 10.1. The fourth-order valence-corrected chi connectivity index (χ4v) is 2.18. The van der Waals surface area contributed by atoms with E-state index in [2.05, 4.69) is 5.32 Å². The third-order valence-corrected chi connectivity index (χ3v) is 3.31. The van der Waals surface area contributed by atoms with Gasteiger partial charge < -0.3 is 5.32 Å². The maximum absolute atomic E-state index is 13.3. The summed E-state index contributed by atoms with van der Waals surface area (Å²) in [4.78, 5) is 1.04. The molecule has 1 aromatic carbocycles. The fourth-order valence-electron chi connectivity index (χ4n) is 1.44. The van der Waals surface area contributed by atoms with E-state index in [0.717, 1.165) is 11.3 Å². The van der Waals surface area contributed by atoms with Crippen LogP contribution in [0.5, 0.6) is 0 Å².